The monoisotopic (exact) mass is 347 g/mol. The van der Waals surface area contributed by atoms with E-state index in [9.17, 15) is 14.4 Å². The SMILES string of the molecule is CN1C(=O)c2ccccc2C2(C=CC(=O)c3ccc4c(c32)OCO4)C1=O. The lowest BCUT2D eigenvalue weighted by atomic mass is 9.65. The summed E-state index contributed by atoms with van der Waals surface area (Å²) in [5.41, 5.74) is 0.485. The number of fused-ring (bicyclic) bond motifs is 6. The van der Waals surface area contributed by atoms with E-state index >= 15 is 0 Å². The largest absolute Gasteiger partial charge is 0.454 e. The third kappa shape index (κ3) is 1.59. The van der Waals surface area contributed by atoms with Gasteiger partial charge in [0.1, 0.15) is 5.41 Å². The van der Waals surface area contributed by atoms with Crippen LogP contribution in [-0.4, -0.2) is 36.3 Å². The number of ether oxygens (including phenoxy) is 2. The molecule has 3 aliphatic rings. The van der Waals surface area contributed by atoms with Crippen LogP contribution in [0, 0.1) is 0 Å². The van der Waals surface area contributed by atoms with Gasteiger partial charge in [0, 0.05) is 23.7 Å². The van der Waals surface area contributed by atoms with Crippen molar-refractivity contribution in [1.82, 2.24) is 4.90 Å². The molecule has 2 aromatic carbocycles. The third-order valence-corrected chi connectivity index (χ3v) is 5.21. The highest BCUT2D eigenvalue weighted by Crippen LogP contribution is 2.52. The zero-order valence-electron chi connectivity index (χ0n) is 13.8. The lowest BCUT2D eigenvalue weighted by molar-refractivity contribution is -0.131. The summed E-state index contributed by atoms with van der Waals surface area (Å²) in [5, 5.41) is 0. The van der Waals surface area contributed by atoms with E-state index in [1.54, 1.807) is 42.5 Å². The molecule has 0 fully saturated rings. The summed E-state index contributed by atoms with van der Waals surface area (Å²) in [6, 6.07) is 10.3. The summed E-state index contributed by atoms with van der Waals surface area (Å²) in [4.78, 5) is 39.6. The van der Waals surface area contributed by atoms with Crippen molar-refractivity contribution >= 4 is 17.6 Å². The van der Waals surface area contributed by atoms with E-state index in [0.29, 0.717) is 33.8 Å². The average molecular weight is 347 g/mol. The molecule has 2 amide bonds. The van der Waals surface area contributed by atoms with E-state index in [1.165, 1.54) is 13.1 Å². The highest BCUT2D eigenvalue weighted by molar-refractivity contribution is 6.19. The number of rotatable bonds is 0. The number of hydrogen-bond acceptors (Lipinski definition) is 5. The molecular formula is C20H13NO5. The minimum atomic E-state index is -1.30. The summed E-state index contributed by atoms with van der Waals surface area (Å²) in [6.07, 6.45) is 2.96. The van der Waals surface area contributed by atoms with Gasteiger partial charge in [0.25, 0.3) is 5.91 Å². The molecule has 5 rings (SSSR count). The third-order valence-electron chi connectivity index (χ3n) is 5.21. The molecule has 1 atom stereocenters. The second-order valence-corrected chi connectivity index (χ2v) is 6.44. The molecule has 0 radical (unpaired) electrons. The molecule has 128 valence electrons. The molecule has 1 unspecified atom stereocenters. The van der Waals surface area contributed by atoms with Crippen LogP contribution in [0.4, 0.5) is 0 Å². The highest BCUT2D eigenvalue weighted by atomic mass is 16.7. The van der Waals surface area contributed by atoms with E-state index < -0.39 is 11.3 Å². The number of carbonyl (C=O) groups is 3. The molecular weight excluding hydrogens is 334 g/mol. The van der Waals surface area contributed by atoms with Crippen molar-refractivity contribution in [3.05, 3.63) is 70.8 Å². The number of amides is 2. The number of benzene rings is 2. The summed E-state index contributed by atoms with van der Waals surface area (Å²) in [5.74, 6) is -0.140. The number of hydrogen-bond donors (Lipinski definition) is 0. The van der Waals surface area contributed by atoms with Crippen LogP contribution in [0.3, 0.4) is 0 Å². The van der Waals surface area contributed by atoms with Gasteiger partial charge in [-0.05, 0) is 29.8 Å². The Morgan fingerprint density at radius 3 is 2.65 bits per heavy atom. The Balaban J connectivity index is 1.94. The van der Waals surface area contributed by atoms with Crippen LogP contribution in [0.2, 0.25) is 0 Å². The first-order chi connectivity index (χ1) is 12.6. The summed E-state index contributed by atoms with van der Waals surface area (Å²) in [6.45, 7) is 0.0182. The van der Waals surface area contributed by atoms with Crippen LogP contribution in [-0.2, 0) is 10.2 Å². The average Bonchev–Trinajstić information content (AvgIpc) is 3.15. The maximum atomic E-state index is 13.4. The van der Waals surface area contributed by atoms with E-state index in [1.807, 2.05) is 0 Å². The summed E-state index contributed by atoms with van der Waals surface area (Å²) >= 11 is 0. The van der Waals surface area contributed by atoms with Gasteiger partial charge in [-0.25, -0.2) is 0 Å². The van der Waals surface area contributed by atoms with Crippen molar-refractivity contribution in [2.24, 2.45) is 0 Å². The summed E-state index contributed by atoms with van der Waals surface area (Å²) < 4.78 is 11.1. The molecule has 1 aliphatic carbocycles. The first kappa shape index (κ1) is 14.9. The molecule has 26 heavy (non-hydrogen) atoms. The van der Waals surface area contributed by atoms with E-state index in [4.69, 9.17) is 9.47 Å². The quantitative estimate of drug-likeness (QED) is 0.682. The topological polar surface area (TPSA) is 72.9 Å². The minimum absolute atomic E-state index is 0.0182. The maximum Gasteiger partial charge on any atom is 0.260 e. The molecule has 0 saturated heterocycles. The van der Waals surface area contributed by atoms with Gasteiger partial charge in [-0.3, -0.25) is 19.3 Å². The molecule has 2 heterocycles. The van der Waals surface area contributed by atoms with Crippen LogP contribution < -0.4 is 9.47 Å². The molecule has 2 aliphatic heterocycles. The molecule has 6 heteroatoms. The second kappa shape index (κ2) is 4.82. The smallest absolute Gasteiger partial charge is 0.260 e. The molecule has 0 saturated carbocycles. The van der Waals surface area contributed by atoms with Crippen molar-refractivity contribution in [2.75, 3.05) is 13.8 Å². The zero-order valence-corrected chi connectivity index (χ0v) is 13.8. The van der Waals surface area contributed by atoms with Crippen molar-refractivity contribution in [1.29, 1.82) is 0 Å². The Morgan fingerprint density at radius 2 is 1.81 bits per heavy atom. The van der Waals surface area contributed by atoms with Gasteiger partial charge in [-0.1, -0.05) is 24.3 Å². The Morgan fingerprint density at radius 1 is 1.00 bits per heavy atom. The lowest BCUT2D eigenvalue weighted by Crippen LogP contribution is -2.53. The van der Waals surface area contributed by atoms with Crippen molar-refractivity contribution in [3.63, 3.8) is 0 Å². The fraction of sp³-hybridized carbons (Fsp3) is 0.150. The van der Waals surface area contributed by atoms with Crippen LogP contribution in [0.1, 0.15) is 31.8 Å². The number of ketones is 1. The molecule has 6 nitrogen and oxygen atoms in total. The molecule has 0 bridgehead atoms. The van der Waals surface area contributed by atoms with Crippen LogP contribution >= 0.6 is 0 Å². The fourth-order valence-electron chi connectivity index (χ4n) is 4.01. The van der Waals surface area contributed by atoms with Crippen molar-refractivity contribution < 1.29 is 23.9 Å². The zero-order chi connectivity index (χ0) is 18.1. The Kier molecular flexibility index (Phi) is 2.76. The molecule has 0 aromatic heterocycles. The van der Waals surface area contributed by atoms with E-state index in [2.05, 4.69) is 0 Å². The number of imide groups is 1. The Labute approximate surface area is 148 Å². The highest BCUT2D eigenvalue weighted by Gasteiger charge is 2.54. The number of carbonyl (C=O) groups excluding carboxylic acids is 3. The fourth-order valence-corrected chi connectivity index (χ4v) is 4.01. The van der Waals surface area contributed by atoms with Gasteiger partial charge in [-0.15, -0.1) is 0 Å². The van der Waals surface area contributed by atoms with Crippen molar-refractivity contribution in [3.8, 4) is 11.5 Å². The van der Waals surface area contributed by atoms with Crippen LogP contribution in [0.25, 0.3) is 0 Å². The predicted octanol–water partition coefficient (Wildman–Crippen LogP) is 2.07. The normalized spacial score (nSPS) is 22.7. The van der Waals surface area contributed by atoms with Gasteiger partial charge < -0.3 is 9.47 Å². The van der Waals surface area contributed by atoms with E-state index in [0.717, 1.165) is 4.90 Å². The Hall–Kier alpha value is -3.41. The molecule has 1 spiro atoms. The summed E-state index contributed by atoms with van der Waals surface area (Å²) in [7, 11) is 1.45. The number of likely N-dealkylation sites (N-methyl/N-ethyl adjacent to an activating group) is 1. The van der Waals surface area contributed by atoms with Gasteiger partial charge in [0.15, 0.2) is 17.3 Å². The van der Waals surface area contributed by atoms with Gasteiger partial charge >= 0.3 is 0 Å². The molecule has 0 N–H and O–H groups in total. The van der Waals surface area contributed by atoms with Gasteiger partial charge in [0.2, 0.25) is 12.7 Å². The first-order valence-corrected chi connectivity index (χ1v) is 8.14. The second-order valence-electron chi connectivity index (χ2n) is 6.44. The number of nitrogens with zero attached hydrogens (tertiary/aromatic N) is 1. The Bertz CT molecular complexity index is 1050. The van der Waals surface area contributed by atoms with Gasteiger partial charge in [0.05, 0.1) is 0 Å². The van der Waals surface area contributed by atoms with Crippen LogP contribution in [0.15, 0.2) is 48.6 Å². The van der Waals surface area contributed by atoms with Crippen molar-refractivity contribution in [2.45, 2.75) is 5.41 Å². The maximum absolute atomic E-state index is 13.4. The molecule has 2 aromatic rings. The first-order valence-electron chi connectivity index (χ1n) is 8.14. The predicted molar refractivity (Wildman–Crippen MR) is 90.4 cm³/mol. The van der Waals surface area contributed by atoms with Crippen LogP contribution in [0.5, 0.6) is 11.5 Å². The number of allylic oxidation sites excluding steroid dienone is 1. The standard InChI is InChI=1S/C20H13NO5/c1-21-18(23)11-4-2-3-5-13(11)20(19(21)24)9-8-14(22)12-6-7-15-17(16(12)20)26-10-25-15/h2-9H,10H2,1H3. The lowest BCUT2D eigenvalue weighted by Gasteiger charge is -2.41. The minimum Gasteiger partial charge on any atom is -0.454 e. The van der Waals surface area contributed by atoms with E-state index in [-0.39, 0.29) is 18.5 Å². The van der Waals surface area contributed by atoms with Gasteiger partial charge in [-0.2, -0.15) is 0 Å².